The minimum atomic E-state index is -3.57. The first-order chi connectivity index (χ1) is 15.7. The van der Waals surface area contributed by atoms with Crippen molar-refractivity contribution in [2.75, 3.05) is 39.3 Å². The van der Waals surface area contributed by atoms with E-state index in [2.05, 4.69) is 6.07 Å². The van der Waals surface area contributed by atoms with Gasteiger partial charge in [0.1, 0.15) is 0 Å². The largest absolute Gasteiger partial charge is 0.373 e. The number of amides is 1. The Morgan fingerprint density at radius 3 is 2.21 bits per heavy atom. The molecular weight excluding hydrogens is 442 g/mol. The minimum Gasteiger partial charge on any atom is -0.373 e. The number of ketones is 1. The van der Waals surface area contributed by atoms with Gasteiger partial charge in [-0.05, 0) is 56.7 Å². The van der Waals surface area contributed by atoms with E-state index in [4.69, 9.17) is 4.74 Å². The molecule has 1 aromatic rings. The third-order valence-electron chi connectivity index (χ3n) is 6.87. The first-order valence-corrected chi connectivity index (χ1v) is 13.5. The number of Topliss-reactive ketones (excluding diaryl/α,β-unsaturated/α-hetero) is 1. The number of nitrogens with zero attached hydrogens (tertiary/aromatic N) is 3. The molecule has 2 aliphatic heterocycles. The van der Waals surface area contributed by atoms with Crippen molar-refractivity contribution in [1.29, 1.82) is 0 Å². The number of hydrogen-bond acceptors (Lipinski definition) is 5. The van der Waals surface area contributed by atoms with Crippen LogP contribution in [0.15, 0.2) is 18.2 Å². The fraction of sp³-hybridized carbons (Fsp3) is 0.667. The Bertz CT molecular complexity index is 978. The van der Waals surface area contributed by atoms with Gasteiger partial charge in [-0.2, -0.15) is 17.0 Å². The van der Waals surface area contributed by atoms with Gasteiger partial charge in [0.15, 0.2) is 5.78 Å². The number of morpholine rings is 1. The van der Waals surface area contributed by atoms with Gasteiger partial charge in [-0.1, -0.05) is 12.1 Å². The molecule has 33 heavy (non-hydrogen) atoms. The van der Waals surface area contributed by atoms with Crippen LogP contribution in [0, 0.1) is 0 Å². The molecule has 0 radical (unpaired) electrons. The molecule has 2 fully saturated rings. The summed E-state index contributed by atoms with van der Waals surface area (Å²) in [6, 6.07) is 5.94. The van der Waals surface area contributed by atoms with E-state index >= 15 is 0 Å². The fourth-order valence-electron chi connectivity index (χ4n) is 5.08. The topological polar surface area (TPSA) is 87.2 Å². The summed E-state index contributed by atoms with van der Waals surface area (Å²) < 4.78 is 34.7. The Hall–Kier alpha value is -1.81. The number of aryl methyl sites for hydroxylation is 2. The smallest absolute Gasteiger partial charge is 0.282 e. The second-order valence-corrected chi connectivity index (χ2v) is 11.4. The summed E-state index contributed by atoms with van der Waals surface area (Å²) in [6.45, 7) is 5.68. The van der Waals surface area contributed by atoms with Crippen molar-refractivity contribution < 1.29 is 22.7 Å². The Labute approximate surface area is 197 Å². The average molecular weight is 478 g/mol. The highest BCUT2D eigenvalue weighted by Crippen LogP contribution is 2.23. The van der Waals surface area contributed by atoms with Gasteiger partial charge < -0.3 is 9.64 Å². The van der Waals surface area contributed by atoms with Gasteiger partial charge in [-0.15, -0.1) is 0 Å². The van der Waals surface area contributed by atoms with E-state index in [9.17, 15) is 18.0 Å². The maximum Gasteiger partial charge on any atom is 0.282 e. The third kappa shape index (κ3) is 5.65. The number of ether oxygens (including phenoxy) is 1. The maximum absolute atomic E-state index is 13.0. The van der Waals surface area contributed by atoms with Crippen LogP contribution in [0.2, 0.25) is 0 Å². The molecule has 2 unspecified atom stereocenters. The van der Waals surface area contributed by atoms with E-state index in [1.807, 2.05) is 26.0 Å². The maximum atomic E-state index is 13.0. The van der Waals surface area contributed by atoms with Crippen LogP contribution in [-0.4, -0.2) is 85.1 Å². The molecule has 1 aliphatic carbocycles. The van der Waals surface area contributed by atoms with Gasteiger partial charge in [-0.25, -0.2) is 0 Å². The van der Waals surface area contributed by atoms with Gasteiger partial charge >= 0.3 is 0 Å². The lowest BCUT2D eigenvalue weighted by atomic mass is 9.89. The quantitative estimate of drug-likeness (QED) is 0.585. The van der Waals surface area contributed by atoms with Crippen molar-refractivity contribution in [3.05, 3.63) is 34.9 Å². The molecule has 0 bridgehead atoms. The number of piperazine rings is 1. The standard InChI is InChI=1S/C24H35N3O5S/c1-18-16-27(17-19(2)32-18)33(30,31)26-13-11-25(12-14-26)24(29)10-9-23(28)22-8-7-20-5-3-4-6-21(20)15-22/h7-8,15,18-19H,3-6,9-14,16-17H2,1-2H3. The van der Waals surface area contributed by atoms with Crippen LogP contribution < -0.4 is 0 Å². The molecule has 0 N–H and O–H groups in total. The molecule has 3 aliphatic rings. The number of rotatable bonds is 6. The zero-order chi connectivity index (χ0) is 23.6. The predicted molar refractivity (Wildman–Crippen MR) is 125 cm³/mol. The summed E-state index contributed by atoms with van der Waals surface area (Å²) in [5.41, 5.74) is 3.29. The lowest BCUT2D eigenvalue weighted by molar-refractivity contribution is -0.132. The number of fused-ring (bicyclic) bond motifs is 1. The number of benzene rings is 1. The van der Waals surface area contributed by atoms with Crippen LogP contribution in [-0.2, 0) is 32.6 Å². The monoisotopic (exact) mass is 477 g/mol. The lowest BCUT2D eigenvalue weighted by Crippen LogP contribution is -2.57. The van der Waals surface area contributed by atoms with Crippen molar-refractivity contribution in [3.63, 3.8) is 0 Å². The van der Waals surface area contributed by atoms with Crippen LogP contribution >= 0.6 is 0 Å². The van der Waals surface area contributed by atoms with E-state index in [-0.39, 0.29) is 49.8 Å². The summed E-state index contributed by atoms with van der Waals surface area (Å²) in [4.78, 5) is 27.0. The van der Waals surface area contributed by atoms with Gasteiger partial charge in [0, 0.05) is 57.7 Å². The summed E-state index contributed by atoms with van der Waals surface area (Å²) in [6.07, 6.45) is 4.51. The first kappa shape index (κ1) is 24.3. The molecule has 2 heterocycles. The lowest BCUT2D eigenvalue weighted by Gasteiger charge is -2.40. The molecule has 1 aromatic carbocycles. The Morgan fingerprint density at radius 1 is 0.909 bits per heavy atom. The van der Waals surface area contributed by atoms with E-state index in [0.29, 0.717) is 31.7 Å². The second kappa shape index (κ2) is 10.2. The molecule has 8 nitrogen and oxygen atoms in total. The Kier molecular flexibility index (Phi) is 7.53. The number of hydrogen-bond donors (Lipinski definition) is 0. The third-order valence-corrected chi connectivity index (χ3v) is 8.83. The van der Waals surface area contributed by atoms with Crippen LogP contribution in [0.1, 0.15) is 61.0 Å². The Balaban J connectivity index is 1.27. The SMILES string of the molecule is CC1CN(S(=O)(=O)N2CCN(C(=O)CCC(=O)c3ccc4c(c3)CCCC4)CC2)CC(C)O1. The number of carbonyl (C=O) groups is 2. The van der Waals surface area contributed by atoms with Crippen molar-refractivity contribution in [2.45, 2.75) is 64.6 Å². The highest BCUT2D eigenvalue weighted by molar-refractivity contribution is 7.86. The predicted octanol–water partition coefficient (Wildman–Crippen LogP) is 2.03. The van der Waals surface area contributed by atoms with E-state index in [1.54, 1.807) is 4.90 Å². The molecule has 4 rings (SSSR count). The summed E-state index contributed by atoms with van der Waals surface area (Å²) in [5.74, 6) is -0.0968. The van der Waals surface area contributed by atoms with Crippen LogP contribution in [0.25, 0.3) is 0 Å². The molecule has 9 heteroatoms. The van der Waals surface area contributed by atoms with Crippen LogP contribution in [0.5, 0.6) is 0 Å². The Morgan fingerprint density at radius 2 is 1.55 bits per heavy atom. The molecular formula is C24H35N3O5S. The van der Waals surface area contributed by atoms with Crippen molar-refractivity contribution in [2.24, 2.45) is 0 Å². The molecule has 2 saturated heterocycles. The molecule has 2 atom stereocenters. The van der Waals surface area contributed by atoms with Gasteiger partial charge in [0.05, 0.1) is 12.2 Å². The van der Waals surface area contributed by atoms with Crippen molar-refractivity contribution in [3.8, 4) is 0 Å². The fourth-order valence-corrected chi connectivity index (χ4v) is 6.83. The summed E-state index contributed by atoms with van der Waals surface area (Å²) in [5, 5.41) is 0. The normalized spacial score (nSPS) is 25.0. The zero-order valence-corrected chi connectivity index (χ0v) is 20.5. The molecule has 0 saturated carbocycles. The second-order valence-electron chi connectivity index (χ2n) is 9.48. The van der Waals surface area contributed by atoms with E-state index in [0.717, 1.165) is 19.3 Å². The molecule has 0 aromatic heterocycles. The highest BCUT2D eigenvalue weighted by atomic mass is 32.2. The molecule has 182 valence electrons. The summed E-state index contributed by atoms with van der Waals surface area (Å²) >= 11 is 0. The van der Waals surface area contributed by atoms with Crippen LogP contribution in [0.3, 0.4) is 0 Å². The highest BCUT2D eigenvalue weighted by Gasteiger charge is 2.37. The van der Waals surface area contributed by atoms with Gasteiger partial charge in [-0.3, -0.25) is 9.59 Å². The van der Waals surface area contributed by atoms with E-state index in [1.165, 1.54) is 26.2 Å². The zero-order valence-electron chi connectivity index (χ0n) is 19.7. The van der Waals surface area contributed by atoms with Gasteiger partial charge in [0.25, 0.3) is 10.2 Å². The average Bonchev–Trinajstić information content (AvgIpc) is 2.81. The molecule has 1 amide bonds. The summed E-state index contributed by atoms with van der Waals surface area (Å²) in [7, 11) is -3.57. The van der Waals surface area contributed by atoms with E-state index < -0.39 is 10.2 Å². The van der Waals surface area contributed by atoms with Crippen molar-refractivity contribution in [1.82, 2.24) is 13.5 Å². The molecule has 0 spiro atoms. The van der Waals surface area contributed by atoms with Crippen molar-refractivity contribution >= 4 is 21.9 Å². The van der Waals surface area contributed by atoms with Crippen LogP contribution in [0.4, 0.5) is 0 Å². The number of carbonyl (C=O) groups excluding carboxylic acids is 2. The first-order valence-electron chi connectivity index (χ1n) is 12.1. The minimum absolute atomic E-state index is 0.00602. The van der Waals surface area contributed by atoms with Gasteiger partial charge in [0.2, 0.25) is 5.91 Å².